The summed E-state index contributed by atoms with van der Waals surface area (Å²) in [5, 5.41) is 6.94. The third-order valence-electron chi connectivity index (χ3n) is 4.77. The maximum absolute atomic E-state index is 13.2. The molecule has 0 fully saturated rings. The van der Waals surface area contributed by atoms with Gasteiger partial charge in [0.1, 0.15) is 5.82 Å². The maximum Gasteiger partial charge on any atom is 0.323 e. The highest BCUT2D eigenvalue weighted by Gasteiger charge is 2.12. The summed E-state index contributed by atoms with van der Waals surface area (Å²) in [5.74, 6) is 0.580. The first-order chi connectivity index (χ1) is 14.9. The lowest BCUT2D eigenvalue weighted by molar-refractivity contribution is 0.262. The minimum atomic E-state index is -0.446. The van der Waals surface area contributed by atoms with Gasteiger partial charge in [0.25, 0.3) is 5.56 Å². The first-order valence-corrected chi connectivity index (χ1v) is 10.2. The molecule has 0 aliphatic carbocycles. The summed E-state index contributed by atoms with van der Waals surface area (Å²) in [6.45, 7) is 2.09. The van der Waals surface area contributed by atoms with Crippen molar-refractivity contribution in [1.29, 1.82) is 0 Å². The Morgan fingerprint density at radius 3 is 2.45 bits per heavy atom. The molecule has 0 bridgehead atoms. The van der Waals surface area contributed by atoms with Crippen LogP contribution in [0.4, 0.5) is 16.2 Å². The number of benzene rings is 3. The Labute approximate surface area is 188 Å². The van der Waals surface area contributed by atoms with E-state index in [0.717, 1.165) is 5.56 Å². The van der Waals surface area contributed by atoms with Crippen molar-refractivity contribution in [2.75, 3.05) is 10.6 Å². The predicted octanol–water partition coefficient (Wildman–Crippen LogP) is 5.70. The van der Waals surface area contributed by atoms with Crippen molar-refractivity contribution < 1.29 is 4.79 Å². The van der Waals surface area contributed by atoms with Gasteiger partial charge in [0.2, 0.25) is 0 Å². The second-order valence-electron chi connectivity index (χ2n) is 6.96. The fraction of sp³-hybridized carbons (Fsp3) is 0.0870. The summed E-state index contributed by atoms with van der Waals surface area (Å²) in [7, 11) is 0. The third kappa shape index (κ3) is 4.71. The fourth-order valence-electron chi connectivity index (χ4n) is 3.25. The molecular weight excluding hydrogens is 435 g/mol. The van der Waals surface area contributed by atoms with E-state index < -0.39 is 6.03 Å². The van der Waals surface area contributed by atoms with Gasteiger partial charge in [-0.3, -0.25) is 9.36 Å². The summed E-state index contributed by atoms with van der Waals surface area (Å²) < 4.78 is 1.57. The molecule has 0 atom stereocenters. The predicted molar refractivity (Wildman–Crippen MR) is 125 cm³/mol. The Kier molecular flexibility index (Phi) is 5.93. The maximum atomic E-state index is 13.2. The van der Waals surface area contributed by atoms with Crippen LogP contribution in [0.3, 0.4) is 0 Å². The number of aromatic nitrogens is 2. The van der Waals surface area contributed by atoms with E-state index in [0.29, 0.717) is 44.7 Å². The molecule has 1 heterocycles. The first kappa shape index (κ1) is 20.9. The summed E-state index contributed by atoms with van der Waals surface area (Å²) >= 11 is 12.2. The Bertz CT molecular complexity index is 1350. The van der Waals surface area contributed by atoms with Crippen molar-refractivity contribution >= 4 is 51.5 Å². The topological polar surface area (TPSA) is 76.0 Å². The first-order valence-electron chi connectivity index (χ1n) is 9.49. The van der Waals surface area contributed by atoms with Gasteiger partial charge in [-0.1, -0.05) is 47.5 Å². The second kappa shape index (κ2) is 8.79. The summed E-state index contributed by atoms with van der Waals surface area (Å²) in [5.41, 5.74) is 2.20. The average Bonchev–Trinajstić information content (AvgIpc) is 2.73. The molecule has 4 rings (SSSR count). The van der Waals surface area contributed by atoms with Gasteiger partial charge in [-0.25, -0.2) is 9.78 Å². The van der Waals surface area contributed by atoms with E-state index in [1.807, 2.05) is 18.2 Å². The zero-order valence-electron chi connectivity index (χ0n) is 16.5. The van der Waals surface area contributed by atoms with Crippen LogP contribution in [0.5, 0.6) is 0 Å². The van der Waals surface area contributed by atoms with E-state index in [9.17, 15) is 9.59 Å². The van der Waals surface area contributed by atoms with Gasteiger partial charge in [-0.05, 0) is 55.0 Å². The fourth-order valence-corrected chi connectivity index (χ4v) is 3.64. The van der Waals surface area contributed by atoms with Crippen molar-refractivity contribution in [3.63, 3.8) is 0 Å². The van der Waals surface area contributed by atoms with E-state index in [2.05, 4.69) is 15.6 Å². The number of amides is 2. The number of urea groups is 1. The number of hydrogen-bond acceptors (Lipinski definition) is 3. The van der Waals surface area contributed by atoms with E-state index in [1.54, 1.807) is 60.0 Å². The van der Waals surface area contributed by atoms with Gasteiger partial charge >= 0.3 is 6.03 Å². The molecule has 0 saturated carbocycles. The number of nitrogens with one attached hydrogen (secondary N) is 2. The highest BCUT2D eigenvalue weighted by Crippen LogP contribution is 2.20. The molecule has 2 amide bonds. The molecule has 4 aromatic rings. The second-order valence-corrected chi connectivity index (χ2v) is 7.81. The van der Waals surface area contributed by atoms with Crippen molar-refractivity contribution in [2.24, 2.45) is 0 Å². The number of rotatable bonds is 4. The van der Waals surface area contributed by atoms with Gasteiger partial charge in [0.15, 0.2) is 0 Å². The van der Waals surface area contributed by atoms with Crippen molar-refractivity contribution in [3.8, 4) is 0 Å². The van der Waals surface area contributed by atoms with Gasteiger partial charge < -0.3 is 10.6 Å². The Balaban J connectivity index is 1.62. The highest BCUT2D eigenvalue weighted by molar-refractivity contribution is 6.31. The monoisotopic (exact) mass is 452 g/mol. The molecule has 1 aromatic heterocycles. The molecule has 3 aromatic carbocycles. The highest BCUT2D eigenvalue weighted by atomic mass is 35.5. The number of nitrogens with zero attached hydrogens (tertiary/aromatic N) is 2. The number of carbonyl (C=O) groups excluding carboxylic acids is 1. The van der Waals surface area contributed by atoms with E-state index >= 15 is 0 Å². The number of anilines is 2. The zero-order chi connectivity index (χ0) is 22.0. The molecule has 156 valence electrons. The number of halogens is 2. The van der Waals surface area contributed by atoms with Crippen LogP contribution in [0.15, 0.2) is 71.5 Å². The Morgan fingerprint density at radius 2 is 1.71 bits per heavy atom. The molecule has 0 saturated heterocycles. The quantitative estimate of drug-likeness (QED) is 0.416. The van der Waals surface area contributed by atoms with Crippen molar-refractivity contribution in [2.45, 2.75) is 13.5 Å². The van der Waals surface area contributed by atoms with Crippen molar-refractivity contribution in [1.82, 2.24) is 9.55 Å². The van der Waals surface area contributed by atoms with Gasteiger partial charge in [0.05, 0.1) is 17.4 Å². The molecule has 0 spiro atoms. The molecule has 0 unspecified atom stereocenters. The Hall–Kier alpha value is -3.35. The lowest BCUT2D eigenvalue weighted by Crippen LogP contribution is -2.25. The minimum absolute atomic E-state index is 0.207. The van der Waals surface area contributed by atoms with E-state index in [4.69, 9.17) is 23.2 Å². The van der Waals surface area contributed by atoms with Crippen LogP contribution in [-0.4, -0.2) is 15.6 Å². The Morgan fingerprint density at radius 1 is 0.968 bits per heavy atom. The number of aryl methyl sites for hydroxylation is 1. The molecule has 8 heteroatoms. The molecule has 31 heavy (non-hydrogen) atoms. The molecule has 6 nitrogen and oxygen atoms in total. The van der Waals surface area contributed by atoms with Crippen LogP contribution in [0.2, 0.25) is 10.0 Å². The summed E-state index contributed by atoms with van der Waals surface area (Å²) in [6, 6.07) is 18.8. The van der Waals surface area contributed by atoms with E-state index in [1.165, 1.54) is 0 Å². The third-order valence-corrected chi connectivity index (χ3v) is 5.38. The molecule has 0 aliphatic rings. The van der Waals surface area contributed by atoms with Gasteiger partial charge in [0, 0.05) is 21.4 Å². The van der Waals surface area contributed by atoms with Crippen LogP contribution in [0, 0.1) is 6.92 Å². The van der Waals surface area contributed by atoms with Crippen LogP contribution >= 0.6 is 23.2 Å². The van der Waals surface area contributed by atoms with Crippen LogP contribution < -0.4 is 16.2 Å². The molecule has 0 radical (unpaired) electrons. The van der Waals surface area contributed by atoms with Crippen LogP contribution in [-0.2, 0) is 6.54 Å². The van der Waals surface area contributed by atoms with Crippen LogP contribution in [0.25, 0.3) is 10.9 Å². The van der Waals surface area contributed by atoms with Crippen LogP contribution in [0.1, 0.15) is 11.4 Å². The molecule has 0 aliphatic heterocycles. The lowest BCUT2D eigenvalue weighted by Gasteiger charge is -2.13. The average molecular weight is 453 g/mol. The SMILES string of the molecule is Cc1nc2ccc(NC(=O)Nc3cccc(Cl)c3)cc2c(=O)n1Cc1ccccc1Cl. The number of carbonyl (C=O) groups is 1. The minimum Gasteiger partial charge on any atom is -0.308 e. The van der Waals surface area contributed by atoms with Crippen molar-refractivity contribution in [3.05, 3.63) is 98.5 Å². The lowest BCUT2D eigenvalue weighted by atomic mass is 10.2. The standard InChI is InChI=1S/C23H18Cl2N4O2/c1-14-26-21-10-9-18(28-23(31)27-17-7-4-6-16(24)11-17)12-19(21)22(30)29(14)13-15-5-2-3-8-20(15)25/h2-12H,13H2,1H3,(H2,27,28,31). The largest absolute Gasteiger partial charge is 0.323 e. The smallest absolute Gasteiger partial charge is 0.308 e. The molecular formula is C23H18Cl2N4O2. The summed E-state index contributed by atoms with van der Waals surface area (Å²) in [4.78, 5) is 30.0. The van der Waals surface area contributed by atoms with Gasteiger partial charge in [-0.2, -0.15) is 0 Å². The molecule has 2 N–H and O–H groups in total. The number of hydrogen-bond donors (Lipinski definition) is 2. The zero-order valence-corrected chi connectivity index (χ0v) is 18.0. The normalized spacial score (nSPS) is 10.8. The van der Waals surface area contributed by atoms with E-state index in [-0.39, 0.29) is 5.56 Å². The number of fused-ring (bicyclic) bond motifs is 1. The summed E-state index contributed by atoms with van der Waals surface area (Å²) in [6.07, 6.45) is 0. The van der Waals surface area contributed by atoms with Gasteiger partial charge in [-0.15, -0.1) is 0 Å².